The molecule has 0 saturated carbocycles. The highest BCUT2D eigenvalue weighted by Gasteiger charge is 2.22. The second-order valence-corrected chi connectivity index (χ2v) is 12.5. The van der Waals surface area contributed by atoms with Gasteiger partial charge >= 0.3 is 0 Å². The number of hydrogen-bond acceptors (Lipinski definition) is 3. The van der Waals surface area contributed by atoms with Gasteiger partial charge < -0.3 is 13.7 Å². The maximum atomic E-state index is 6.40. The largest absolute Gasteiger partial charge is 0.456 e. The van der Waals surface area contributed by atoms with Gasteiger partial charge in [0, 0.05) is 27.4 Å². The van der Waals surface area contributed by atoms with E-state index in [-0.39, 0.29) is 0 Å². The van der Waals surface area contributed by atoms with Crippen LogP contribution in [0.1, 0.15) is 0 Å². The van der Waals surface area contributed by atoms with Crippen LogP contribution in [0.15, 0.2) is 185 Å². The molecule has 2 heterocycles. The van der Waals surface area contributed by atoms with Crippen LogP contribution in [0.2, 0.25) is 0 Å². The monoisotopic (exact) mass is 627 g/mol. The normalized spacial score (nSPS) is 11.7. The Balaban J connectivity index is 1.21. The lowest BCUT2D eigenvalue weighted by Crippen LogP contribution is -2.11. The fourth-order valence-corrected chi connectivity index (χ4v) is 7.51. The summed E-state index contributed by atoms with van der Waals surface area (Å²) < 4.78 is 12.6. The first kappa shape index (κ1) is 27.5. The first-order valence-electron chi connectivity index (χ1n) is 16.6. The quantitative estimate of drug-likeness (QED) is 0.190. The molecule has 0 amide bonds. The van der Waals surface area contributed by atoms with Gasteiger partial charge in [-0.15, -0.1) is 0 Å². The van der Waals surface area contributed by atoms with Crippen molar-refractivity contribution in [1.29, 1.82) is 0 Å². The lowest BCUT2D eigenvalue weighted by atomic mass is 9.95. The summed E-state index contributed by atoms with van der Waals surface area (Å²) in [5, 5.41) is 6.88. The molecular weight excluding hydrogens is 599 g/mol. The Morgan fingerprint density at radius 2 is 0.837 bits per heavy atom. The summed E-state index contributed by atoms with van der Waals surface area (Å²) in [6.07, 6.45) is 0. The van der Waals surface area contributed by atoms with E-state index >= 15 is 0 Å². The first-order chi connectivity index (χ1) is 24.3. The van der Waals surface area contributed by atoms with Crippen molar-refractivity contribution in [3.63, 3.8) is 0 Å². The molecule has 230 valence electrons. The molecular formula is C46H29NO2. The van der Waals surface area contributed by atoms with Gasteiger partial charge in [-0.25, -0.2) is 0 Å². The molecule has 10 rings (SSSR count). The first-order valence-corrected chi connectivity index (χ1v) is 16.6. The number of hydrogen-bond donors (Lipinski definition) is 0. The Morgan fingerprint density at radius 1 is 0.327 bits per heavy atom. The van der Waals surface area contributed by atoms with Crippen LogP contribution in [-0.4, -0.2) is 0 Å². The Labute approximate surface area is 282 Å². The number of anilines is 3. The molecule has 0 unspecified atom stereocenters. The molecule has 0 aliphatic carbocycles. The second-order valence-electron chi connectivity index (χ2n) is 12.5. The van der Waals surface area contributed by atoms with Crippen LogP contribution in [0.4, 0.5) is 17.1 Å². The van der Waals surface area contributed by atoms with Crippen LogP contribution in [0.25, 0.3) is 76.9 Å². The van der Waals surface area contributed by atoms with Crippen LogP contribution in [0, 0.1) is 0 Å². The third-order valence-corrected chi connectivity index (χ3v) is 9.69. The summed E-state index contributed by atoms with van der Waals surface area (Å²) in [4.78, 5) is 2.39. The Morgan fingerprint density at radius 3 is 1.63 bits per heavy atom. The molecule has 0 radical (unpaired) electrons. The van der Waals surface area contributed by atoms with Crippen molar-refractivity contribution in [2.45, 2.75) is 0 Å². The molecule has 49 heavy (non-hydrogen) atoms. The summed E-state index contributed by atoms with van der Waals surface area (Å²) in [6, 6.07) is 62.1. The number of benzene rings is 8. The van der Waals surface area contributed by atoms with E-state index in [2.05, 4.69) is 157 Å². The highest BCUT2D eigenvalue weighted by molar-refractivity contribution is 6.15. The molecule has 3 nitrogen and oxygen atoms in total. The predicted octanol–water partition coefficient (Wildman–Crippen LogP) is 13.4. The molecule has 0 bridgehead atoms. The Hall–Kier alpha value is -6.58. The summed E-state index contributed by atoms with van der Waals surface area (Å²) in [6.45, 7) is 0. The molecule has 0 aliphatic rings. The molecule has 0 atom stereocenters. The van der Waals surface area contributed by atoms with Crippen molar-refractivity contribution in [2.75, 3.05) is 4.90 Å². The predicted molar refractivity (Wildman–Crippen MR) is 204 cm³/mol. The molecule has 2 aromatic heterocycles. The maximum absolute atomic E-state index is 6.40. The van der Waals surface area contributed by atoms with E-state index in [4.69, 9.17) is 8.83 Å². The van der Waals surface area contributed by atoms with Crippen molar-refractivity contribution in [2.24, 2.45) is 0 Å². The fourth-order valence-electron chi connectivity index (χ4n) is 7.51. The lowest BCUT2D eigenvalue weighted by Gasteiger charge is -2.29. The van der Waals surface area contributed by atoms with E-state index in [1.165, 1.54) is 16.3 Å². The van der Waals surface area contributed by atoms with Crippen molar-refractivity contribution in [1.82, 2.24) is 0 Å². The van der Waals surface area contributed by atoms with Gasteiger partial charge in [0.15, 0.2) is 0 Å². The third-order valence-electron chi connectivity index (χ3n) is 9.69. The summed E-state index contributed by atoms with van der Waals surface area (Å²) in [5.74, 6) is 0. The Kier molecular flexibility index (Phi) is 6.18. The Bertz CT molecular complexity index is 2830. The van der Waals surface area contributed by atoms with Crippen LogP contribution in [-0.2, 0) is 0 Å². The minimum atomic E-state index is 0.862. The zero-order valence-corrected chi connectivity index (χ0v) is 26.5. The number of fused-ring (bicyclic) bond motifs is 7. The van der Waals surface area contributed by atoms with Crippen LogP contribution in [0.5, 0.6) is 0 Å². The van der Waals surface area contributed by atoms with E-state index < -0.39 is 0 Å². The molecule has 0 N–H and O–H groups in total. The van der Waals surface area contributed by atoms with Crippen LogP contribution < -0.4 is 4.90 Å². The van der Waals surface area contributed by atoms with E-state index in [0.717, 1.165) is 77.6 Å². The SMILES string of the molecule is c1ccc(N(c2ccc(-c3cccc4oc5ccccc5c34)cc2)c2cccc3oc4ccccc4c23)c(-c2cccc3ccccc23)c1. The molecule has 0 fully saturated rings. The number of para-hydroxylation sites is 3. The maximum Gasteiger partial charge on any atom is 0.137 e. The van der Waals surface area contributed by atoms with Gasteiger partial charge in [0.25, 0.3) is 0 Å². The van der Waals surface area contributed by atoms with Crippen molar-refractivity contribution >= 4 is 71.7 Å². The van der Waals surface area contributed by atoms with Crippen molar-refractivity contribution in [3.05, 3.63) is 176 Å². The van der Waals surface area contributed by atoms with Crippen LogP contribution >= 0.6 is 0 Å². The van der Waals surface area contributed by atoms with Gasteiger partial charge in [0.1, 0.15) is 22.3 Å². The van der Waals surface area contributed by atoms with E-state index in [1.54, 1.807) is 0 Å². The topological polar surface area (TPSA) is 29.5 Å². The molecule has 10 aromatic rings. The zero-order valence-electron chi connectivity index (χ0n) is 26.5. The second kappa shape index (κ2) is 11.0. The summed E-state index contributed by atoms with van der Waals surface area (Å²) >= 11 is 0. The highest BCUT2D eigenvalue weighted by atomic mass is 16.3. The third kappa shape index (κ3) is 4.37. The molecule has 8 aromatic carbocycles. The number of furan rings is 2. The van der Waals surface area contributed by atoms with E-state index in [0.29, 0.717) is 0 Å². The van der Waals surface area contributed by atoms with Crippen LogP contribution in [0.3, 0.4) is 0 Å². The fraction of sp³-hybridized carbons (Fsp3) is 0. The minimum Gasteiger partial charge on any atom is -0.456 e. The molecule has 3 heteroatoms. The number of rotatable bonds is 5. The molecule has 0 aliphatic heterocycles. The smallest absolute Gasteiger partial charge is 0.137 e. The van der Waals surface area contributed by atoms with Gasteiger partial charge in [0.2, 0.25) is 0 Å². The molecule has 0 spiro atoms. The molecule has 0 saturated heterocycles. The zero-order chi connectivity index (χ0) is 32.3. The average molecular weight is 628 g/mol. The van der Waals surface area contributed by atoms with E-state index in [9.17, 15) is 0 Å². The van der Waals surface area contributed by atoms with Gasteiger partial charge in [0.05, 0.1) is 16.8 Å². The number of nitrogens with zero attached hydrogens (tertiary/aromatic N) is 1. The lowest BCUT2D eigenvalue weighted by molar-refractivity contribution is 0.668. The van der Waals surface area contributed by atoms with E-state index in [1.807, 2.05) is 24.3 Å². The van der Waals surface area contributed by atoms with Crippen molar-refractivity contribution in [3.8, 4) is 22.3 Å². The minimum absolute atomic E-state index is 0.862. The summed E-state index contributed by atoms with van der Waals surface area (Å²) in [7, 11) is 0. The summed E-state index contributed by atoms with van der Waals surface area (Å²) in [5.41, 5.74) is 11.4. The van der Waals surface area contributed by atoms with Gasteiger partial charge in [-0.2, -0.15) is 0 Å². The standard InChI is InChI=1S/C46H29NO2/c1-2-14-33-30(12-1)13-9-19-35(33)36-15-3-6-20-39(36)47(40-21-11-25-44-46(40)38-17-5-8-23-42(38)49-44)32-28-26-31(27-29-32)34-18-10-24-43-45(34)37-16-4-7-22-41(37)48-43/h1-29H. The van der Waals surface area contributed by atoms with Gasteiger partial charge in [-0.1, -0.05) is 127 Å². The van der Waals surface area contributed by atoms with Gasteiger partial charge in [-0.05, 0) is 76.0 Å². The highest BCUT2D eigenvalue weighted by Crippen LogP contribution is 2.47. The average Bonchev–Trinajstić information content (AvgIpc) is 3.74. The van der Waals surface area contributed by atoms with Gasteiger partial charge in [-0.3, -0.25) is 0 Å². The van der Waals surface area contributed by atoms with Crippen molar-refractivity contribution < 1.29 is 8.83 Å².